The van der Waals surface area contributed by atoms with Crippen molar-refractivity contribution in [3.63, 3.8) is 0 Å². The number of hydrogen-bond acceptors (Lipinski definition) is 8. The molecule has 0 spiro atoms. The van der Waals surface area contributed by atoms with Gasteiger partial charge in [0.1, 0.15) is 0 Å². The number of rotatable bonds is 8. The number of methoxy groups -OCH3 is 2. The number of allylic oxidation sites excluding steroid dienone is 2. The Balaban J connectivity index is 1.67. The van der Waals surface area contributed by atoms with E-state index in [9.17, 15) is 29.1 Å². The van der Waals surface area contributed by atoms with Crippen molar-refractivity contribution in [2.75, 3.05) is 26.2 Å². The van der Waals surface area contributed by atoms with Gasteiger partial charge >= 0.3 is 5.97 Å². The molecule has 2 aliphatic heterocycles. The van der Waals surface area contributed by atoms with Gasteiger partial charge in [-0.05, 0) is 42.9 Å². The van der Waals surface area contributed by atoms with Gasteiger partial charge in [0.15, 0.2) is 21.2 Å². The van der Waals surface area contributed by atoms with Gasteiger partial charge in [-0.25, -0.2) is 0 Å². The van der Waals surface area contributed by atoms with Crippen molar-refractivity contribution < 1.29 is 43.7 Å². The fraction of sp³-hybridized carbons (Fsp3) is 0.519. The Hall–Kier alpha value is -2.83. The Morgan fingerprint density at radius 3 is 2.24 bits per heavy atom. The molecule has 2 aliphatic carbocycles. The maximum absolute atomic E-state index is 13.9. The number of aliphatic carboxylic acids is 1. The van der Waals surface area contributed by atoms with E-state index in [0.717, 1.165) is 9.80 Å². The number of benzene rings is 1. The summed E-state index contributed by atoms with van der Waals surface area (Å²) in [5.41, 5.74) is 0.768. The van der Waals surface area contributed by atoms with Gasteiger partial charge in [0.25, 0.3) is 11.8 Å². The molecule has 5 rings (SSSR count). The molecule has 11 nitrogen and oxygen atoms in total. The van der Waals surface area contributed by atoms with Crippen LogP contribution in [0.3, 0.4) is 0 Å². The molecule has 0 bridgehead atoms. The van der Waals surface area contributed by atoms with Crippen molar-refractivity contribution in [2.24, 2.45) is 17.8 Å². The zero-order valence-electron chi connectivity index (χ0n) is 22.1. The van der Waals surface area contributed by atoms with Gasteiger partial charge < -0.3 is 19.7 Å². The predicted octanol–water partition coefficient (Wildman–Crippen LogP) is 2.99. The predicted molar refractivity (Wildman–Crippen MR) is 148 cm³/mol. The monoisotopic (exact) mass is 672 g/mol. The van der Waals surface area contributed by atoms with E-state index in [1.165, 1.54) is 26.4 Å². The number of alkyl halides is 3. The smallest absolute Gasteiger partial charge is 0.303 e. The molecule has 6 atom stereocenters. The first kappa shape index (κ1) is 29.7. The normalized spacial score (nSPS) is 32.5. The first-order valence-corrected chi connectivity index (χ1v) is 14.8. The topological polar surface area (TPSA) is 151 Å². The van der Waals surface area contributed by atoms with Crippen LogP contribution in [0.5, 0.6) is 17.2 Å². The van der Waals surface area contributed by atoms with Gasteiger partial charge in [0.2, 0.25) is 17.6 Å². The lowest BCUT2D eigenvalue weighted by Gasteiger charge is -2.50. The van der Waals surface area contributed by atoms with E-state index in [4.69, 9.17) is 37.8 Å². The molecule has 0 aromatic heterocycles. The minimum atomic E-state index is -2.02. The Labute approximate surface area is 253 Å². The summed E-state index contributed by atoms with van der Waals surface area (Å²) in [4.78, 5) is 63.6. The molecule has 4 amide bonds. The summed E-state index contributed by atoms with van der Waals surface area (Å²) in [5, 5.41) is 19.6. The highest BCUT2D eigenvalue weighted by Crippen LogP contribution is 2.66. The van der Waals surface area contributed by atoms with Crippen LogP contribution in [0.15, 0.2) is 23.8 Å². The number of amides is 4. The van der Waals surface area contributed by atoms with E-state index in [0.29, 0.717) is 11.1 Å². The van der Waals surface area contributed by atoms with E-state index in [2.05, 4.69) is 15.9 Å². The number of imide groups is 2. The molecule has 2 saturated heterocycles. The third-order valence-electron chi connectivity index (χ3n) is 8.71. The number of fused-ring (bicyclic) bond motifs is 4. The average Bonchev–Trinajstić information content (AvgIpc) is 3.26. The Morgan fingerprint density at radius 1 is 1.05 bits per heavy atom. The second kappa shape index (κ2) is 10.5. The highest BCUT2D eigenvalue weighted by Gasteiger charge is 2.76. The van der Waals surface area contributed by atoms with E-state index < -0.39 is 63.0 Å². The highest BCUT2D eigenvalue weighted by molar-refractivity contribution is 9.09. The molecular weight excluding hydrogens is 647 g/mol. The lowest BCUT2D eigenvalue weighted by Crippen LogP contribution is -2.60. The molecule has 1 aromatic rings. The molecule has 220 valence electrons. The third-order valence-corrected chi connectivity index (χ3v) is 10.6. The highest BCUT2D eigenvalue weighted by atomic mass is 79.9. The lowest BCUT2D eigenvalue weighted by atomic mass is 9.56. The summed E-state index contributed by atoms with van der Waals surface area (Å²) in [6.45, 7) is -0.0466. The molecular formula is C27H27BrCl2N2O9. The number of hydrogen-bond donors (Lipinski definition) is 2. The fourth-order valence-corrected chi connectivity index (χ4v) is 8.31. The number of likely N-dealkylation sites (tertiary alicyclic amines) is 2. The summed E-state index contributed by atoms with van der Waals surface area (Å²) < 4.78 is 10.7. The minimum Gasteiger partial charge on any atom is -0.502 e. The number of carbonyl (C=O) groups is 5. The quantitative estimate of drug-likeness (QED) is 0.184. The number of phenolic OH excluding ortho intramolecular Hbond substituents is 1. The van der Waals surface area contributed by atoms with Crippen LogP contribution in [0.1, 0.15) is 37.2 Å². The summed E-state index contributed by atoms with van der Waals surface area (Å²) in [6.07, 6.45) is 1.67. The molecule has 1 saturated carbocycles. The molecule has 3 fully saturated rings. The van der Waals surface area contributed by atoms with Crippen molar-refractivity contribution in [1.82, 2.24) is 9.80 Å². The van der Waals surface area contributed by atoms with Crippen molar-refractivity contribution in [1.29, 1.82) is 0 Å². The number of halogens is 3. The first-order valence-electron chi connectivity index (χ1n) is 12.9. The standard InChI is InChI=1S/C27H27BrCl2N2O9/c1-40-16-8-12(9-17(41-2)21(16)35)20-13-5-6-14-19(23(37)31(22(14)36)7-3-4-18(33)34)15(13)10-26(29)24(38)32(11-28)25(39)27(20,26)30/h5,8-9,14-15,19-20,35H,3-4,6-7,10-11H2,1-2H3,(H,33,34). The van der Waals surface area contributed by atoms with Gasteiger partial charge in [-0.2, -0.15) is 0 Å². The second-order valence-electron chi connectivity index (χ2n) is 10.6. The van der Waals surface area contributed by atoms with E-state index in [1.54, 1.807) is 6.08 Å². The van der Waals surface area contributed by atoms with Crippen molar-refractivity contribution in [3.8, 4) is 17.2 Å². The van der Waals surface area contributed by atoms with E-state index >= 15 is 0 Å². The van der Waals surface area contributed by atoms with Crippen LogP contribution < -0.4 is 9.47 Å². The van der Waals surface area contributed by atoms with Crippen LogP contribution in [0, 0.1) is 17.8 Å². The van der Waals surface area contributed by atoms with Crippen molar-refractivity contribution in [3.05, 3.63) is 29.3 Å². The molecule has 4 aliphatic rings. The van der Waals surface area contributed by atoms with Gasteiger partial charge in [-0.1, -0.05) is 27.6 Å². The Bertz CT molecular complexity index is 1380. The van der Waals surface area contributed by atoms with Crippen LogP contribution in [0.2, 0.25) is 0 Å². The first-order chi connectivity index (χ1) is 19.4. The number of carboxylic acids is 1. The molecule has 1 aromatic carbocycles. The largest absolute Gasteiger partial charge is 0.502 e. The minimum absolute atomic E-state index is 0.0297. The third kappa shape index (κ3) is 4.08. The molecule has 41 heavy (non-hydrogen) atoms. The van der Waals surface area contributed by atoms with Gasteiger partial charge in [-0.3, -0.25) is 33.8 Å². The molecule has 0 radical (unpaired) electrons. The zero-order chi connectivity index (χ0) is 30.0. The average molecular weight is 674 g/mol. The number of aromatic hydroxyl groups is 1. The number of carboxylic acid groups (broad SMARTS) is 1. The molecule has 6 unspecified atom stereocenters. The van der Waals surface area contributed by atoms with E-state index in [1.807, 2.05) is 0 Å². The van der Waals surface area contributed by atoms with E-state index in [-0.39, 0.29) is 54.9 Å². The summed E-state index contributed by atoms with van der Waals surface area (Å²) in [6, 6.07) is 2.96. The number of ether oxygens (including phenoxy) is 2. The number of phenols is 1. The maximum Gasteiger partial charge on any atom is 0.303 e. The van der Waals surface area contributed by atoms with Crippen LogP contribution in [0.4, 0.5) is 0 Å². The SMILES string of the molecule is COc1cc(C2C3=CCC4C(=O)N(CCCC(=O)O)C(=O)C4C3CC3(Cl)C(=O)N(CBr)C(=O)C23Cl)cc(OC)c1O. The van der Waals surface area contributed by atoms with Crippen LogP contribution in [-0.4, -0.2) is 85.6 Å². The second-order valence-corrected chi connectivity index (χ2v) is 12.3. The van der Waals surface area contributed by atoms with Gasteiger partial charge in [0, 0.05) is 18.9 Å². The summed E-state index contributed by atoms with van der Waals surface area (Å²) >= 11 is 17.6. The lowest BCUT2D eigenvalue weighted by molar-refractivity contribution is -0.142. The van der Waals surface area contributed by atoms with Crippen LogP contribution in [-0.2, 0) is 24.0 Å². The van der Waals surface area contributed by atoms with Gasteiger partial charge in [-0.15, -0.1) is 23.2 Å². The fourth-order valence-electron chi connectivity index (χ4n) is 6.88. The summed E-state index contributed by atoms with van der Waals surface area (Å²) in [7, 11) is 2.68. The number of nitrogens with zero attached hydrogens (tertiary/aromatic N) is 2. The number of carbonyl (C=O) groups excluding carboxylic acids is 4. The molecule has 14 heteroatoms. The Kier molecular flexibility index (Phi) is 7.57. The van der Waals surface area contributed by atoms with Crippen LogP contribution in [0.25, 0.3) is 0 Å². The Morgan fingerprint density at radius 2 is 1.68 bits per heavy atom. The summed E-state index contributed by atoms with van der Waals surface area (Å²) in [5.74, 6) is -7.00. The van der Waals surface area contributed by atoms with Crippen LogP contribution >= 0.6 is 39.1 Å². The maximum atomic E-state index is 13.9. The zero-order valence-corrected chi connectivity index (χ0v) is 25.2. The molecule has 2 N–H and O–H groups in total. The van der Waals surface area contributed by atoms with Crippen molar-refractivity contribution in [2.45, 2.75) is 41.3 Å². The molecule has 2 heterocycles. The van der Waals surface area contributed by atoms with Gasteiger partial charge in [0.05, 0.1) is 31.5 Å². The van der Waals surface area contributed by atoms with Crippen molar-refractivity contribution >= 4 is 68.7 Å².